The van der Waals surface area contributed by atoms with Crippen molar-refractivity contribution in [3.05, 3.63) is 0 Å². The minimum Gasteiger partial charge on any atom is -0.305 e. The normalized spacial score (nSPS) is 23.4. The molecule has 1 aliphatic heterocycles. The van der Waals surface area contributed by atoms with Crippen molar-refractivity contribution in [1.82, 2.24) is 10.2 Å². The maximum Gasteiger partial charge on any atom is 0.213 e. The van der Waals surface area contributed by atoms with Gasteiger partial charge in [0.15, 0.2) is 6.29 Å². The number of nitrogens with zero attached hydrogens (tertiary/aromatic N) is 1. The van der Waals surface area contributed by atoms with Crippen molar-refractivity contribution < 1.29 is 9.59 Å². The second-order valence-electron chi connectivity index (χ2n) is 3.68. The third kappa shape index (κ3) is 3.20. The zero-order valence-corrected chi connectivity index (χ0v) is 8.66. The van der Waals surface area contributed by atoms with Crippen LogP contribution in [0.5, 0.6) is 0 Å². The Hall–Kier alpha value is -0.740. The van der Waals surface area contributed by atoms with Crippen molar-refractivity contribution in [2.24, 2.45) is 0 Å². The fourth-order valence-corrected chi connectivity index (χ4v) is 1.67. The molecule has 4 heteroatoms. The van der Waals surface area contributed by atoms with Crippen LogP contribution in [0.3, 0.4) is 0 Å². The van der Waals surface area contributed by atoms with Crippen LogP contribution < -0.4 is 5.32 Å². The summed E-state index contributed by atoms with van der Waals surface area (Å²) in [6.07, 6.45) is 2.74. The van der Waals surface area contributed by atoms with Gasteiger partial charge in [-0.25, -0.2) is 0 Å². The number of ketones is 1. The number of aldehydes is 1. The maximum absolute atomic E-state index is 11.1. The molecule has 0 aromatic heterocycles. The summed E-state index contributed by atoms with van der Waals surface area (Å²) in [5.41, 5.74) is 0. The van der Waals surface area contributed by atoms with E-state index in [4.69, 9.17) is 0 Å². The molecule has 80 valence electrons. The summed E-state index contributed by atoms with van der Waals surface area (Å²) < 4.78 is 0. The molecule has 1 unspecified atom stereocenters. The van der Waals surface area contributed by atoms with E-state index >= 15 is 0 Å². The van der Waals surface area contributed by atoms with E-state index in [1.807, 2.05) is 0 Å². The van der Waals surface area contributed by atoms with Gasteiger partial charge in [-0.1, -0.05) is 13.3 Å². The minimum atomic E-state index is -0.328. The molecule has 0 saturated carbocycles. The highest BCUT2D eigenvalue weighted by Gasteiger charge is 2.23. The van der Waals surface area contributed by atoms with E-state index in [1.165, 1.54) is 0 Å². The second kappa shape index (κ2) is 5.88. The van der Waals surface area contributed by atoms with Crippen LogP contribution in [0.25, 0.3) is 0 Å². The topological polar surface area (TPSA) is 49.4 Å². The second-order valence-corrected chi connectivity index (χ2v) is 3.68. The third-order valence-corrected chi connectivity index (χ3v) is 2.55. The average molecular weight is 198 g/mol. The molecule has 0 aliphatic carbocycles. The number of carbonyl (C=O) groups is 2. The lowest BCUT2D eigenvalue weighted by Crippen LogP contribution is -2.54. The fraction of sp³-hybridized carbons (Fsp3) is 0.800. The van der Waals surface area contributed by atoms with Gasteiger partial charge in [-0.15, -0.1) is 0 Å². The van der Waals surface area contributed by atoms with E-state index < -0.39 is 0 Å². The lowest BCUT2D eigenvalue weighted by atomic mass is 10.1. The first kappa shape index (κ1) is 11.3. The van der Waals surface area contributed by atoms with E-state index in [0.29, 0.717) is 12.8 Å². The van der Waals surface area contributed by atoms with Gasteiger partial charge < -0.3 is 10.2 Å². The van der Waals surface area contributed by atoms with E-state index in [9.17, 15) is 9.59 Å². The van der Waals surface area contributed by atoms with Gasteiger partial charge in [-0.3, -0.25) is 9.59 Å². The number of nitrogens with one attached hydrogen (secondary N) is 1. The number of hydrogen-bond donors (Lipinski definition) is 1. The Kier molecular flexibility index (Phi) is 4.76. The van der Waals surface area contributed by atoms with Gasteiger partial charge in [0, 0.05) is 19.6 Å². The van der Waals surface area contributed by atoms with Gasteiger partial charge in [0.1, 0.15) is 0 Å². The molecule has 1 saturated heterocycles. The summed E-state index contributed by atoms with van der Waals surface area (Å²) in [6, 6.07) is -0.280. The highest BCUT2D eigenvalue weighted by molar-refractivity contribution is 6.27. The van der Waals surface area contributed by atoms with Crippen LogP contribution >= 0.6 is 0 Å². The first-order chi connectivity index (χ1) is 6.77. The highest BCUT2D eigenvalue weighted by Crippen LogP contribution is 2.01. The van der Waals surface area contributed by atoms with Crippen molar-refractivity contribution in [2.45, 2.75) is 25.8 Å². The Morgan fingerprint density at radius 1 is 1.64 bits per heavy atom. The van der Waals surface area contributed by atoms with Crippen LogP contribution in [0.4, 0.5) is 0 Å². The van der Waals surface area contributed by atoms with Crippen LogP contribution in [0.1, 0.15) is 19.8 Å². The van der Waals surface area contributed by atoms with Crippen molar-refractivity contribution in [3.8, 4) is 0 Å². The van der Waals surface area contributed by atoms with E-state index in [0.717, 1.165) is 32.5 Å². The molecule has 0 bridgehead atoms. The molecule has 0 aromatic carbocycles. The maximum atomic E-state index is 11.1. The van der Waals surface area contributed by atoms with Crippen LogP contribution in [0, 0.1) is 0 Å². The molecule has 0 amide bonds. The zero-order chi connectivity index (χ0) is 10.4. The molecule has 0 radical (unpaired) electrons. The summed E-state index contributed by atoms with van der Waals surface area (Å²) in [5.74, 6) is -0.328. The number of unbranched alkanes of at least 4 members (excludes halogenated alkanes) is 1. The Bertz CT molecular complexity index is 206. The predicted molar refractivity (Wildman–Crippen MR) is 54.2 cm³/mol. The van der Waals surface area contributed by atoms with Crippen LogP contribution in [-0.4, -0.2) is 49.2 Å². The fourth-order valence-electron chi connectivity index (χ4n) is 1.67. The SMILES string of the molecule is CCCCN1CCNC(C(=O)C=O)C1. The number of piperazine rings is 1. The van der Waals surface area contributed by atoms with Crippen molar-refractivity contribution in [2.75, 3.05) is 26.2 Å². The van der Waals surface area contributed by atoms with Gasteiger partial charge in [0.05, 0.1) is 6.04 Å². The lowest BCUT2D eigenvalue weighted by Gasteiger charge is -2.31. The molecule has 1 atom stereocenters. The van der Waals surface area contributed by atoms with Crippen LogP contribution in [-0.2, 0) is 9.59 Å². The monoisotopic (exact) mass is 198 g/mol. The van der Waals surface area contributed by atoms with Crippen molar-refractivity contribution in [3.63, 3.8) is 0 Å². The molecule has 0 aromatic rings. The van der Waals surface area contributed by atoms with E-state index in [1.54, 1.807) is 0 Å². The Labute approximate surface area is 84.7 Å². The standard InChI is InChI=1S/C10H18N2O2/c1-2-3-5-12-6-4-11-9(7-12)10(14)8-13/h8-9,11H,2-7H2,1H3. The Balaban J connectivity index is 2.35. The van der Waals surface area contributed by atoms with Gasteiger partial charge in [0.2, 0.25) is 5.78 Å². The first-order valence-electron chi connectivity index (χ1n) is 5.22. The highest BCUT2D eigenvalue weighted by atomic mass is 16.2. The predicted octanol–water partition coefficient (Wildman–Crippen LogP) is -0.172. The van der Waals surface area contributed by atoms with Crippen molar-refractivity contribution in [1.29, 1.82) is 0 Å². The summed E-state index contributed by atoms with van der Waals surface area (Å²) in [7, 11) is 0. The van der Waals surface area contributed by atoms with Crippen molar-refractivity contribution >= 4 is 12.1 Å². The molecule has 1 aliphatic rings. The van der Waals surface area contributed by atoms with E-state index in [-0.39, 0.29) is 11.8 Å². The Morgan fingerprint density at radius 3 is 3.07 bits per heavy atom. The van der Waals surface area contributed by atoms with Gasteiger partial charge in [-0.05, 0) is 13.0 Å². The zero-order valence-electron chi connectivity index (χ0n) is 8.66. The summed E-state index contributed by atoms with van der Waals surface area (Å²) >= 11 is 0. The largest absolute Gasteiger partial charge is 0.305 e. The smallest absolute Gasteiger partial charge is 0.213 e. The summed E-state index contributed by atoms with van der Waals surface area (Å²) in [6.45, 7) is 5.63. The lowest BCUT2D eigenvalue weighted by molar-refractivity contribution is -0.132. The summed E-state index contributed by atoms with van der Waals surface area (Å²) in [5, 5.41) is 3.05. The molecule has 1 N–H and O–H groups in total. The molecule has 4 nitrogen and oxygen atoms in total. The molecule has 1 rings (SSSR count). The summed E-state index contributed by atoms with van der Waals surface area (Å²) in [4.78, 5) is 23.7. The van der Waals surface area contributed by atoms with Crippen LogP contribution in [0.15, 0.2) is 0 Å². The van der Waals surface area contributed by atoms with Gasteiger partial charge >= 0.3 is 0 Å². The number of hydrogen-bond acceptors (Lipinski definition) is 4. The molecular weight excluding hydrogens is 180 g/mol. The number of Topliss-reactive ketones (excluding diaryl/α,β-unsaturated/α-hetero) is 1. The molecule has 1 fully saturated rings. The van der Waals surface area contributed by atoms with Gasteiger partial charge in [0.25, 0.3) is 0 Å². The van der Waals surface area contributed by atoms with Gasteiger partial charge in [-0.2, -0.15) is 0 Å². The Morgan fingerprint density at radius 2 is 2.43 bits per heavy atom. The molecular formula is C10H18N2O2. The quantitative estimate of drug-likeness (QED) is 0.492. The third-order valence-electron chi connectivity index (χ3n) is 2.55. The molecule has 0 spiro atoms. The van der Waals surface area contributed by atoms with E-state index in [2.05, 4.69) is 17.1 Å². The van der Waals surface area contributed by atoms with Crippen LogP contribution in [0.2, 0.25) is 0 Å². The number of rotatable bonds is 5. The number of carbonyl (C=O) groups excluding carboxylic acids is 2. The minimum absolute atomic E-state index is 0.280. The molecule has 14 heavy (non-hydrogen) atoms. The molecule has 1 heterocycles. The average Bonchev–Trinajstić information content (AvgIpc) is 2.25. The first-order valence-corrected chi connectivity index (χ1v) is 5.22.